The second-order valence-electron chi connectivity index (χ2n) is 4.95. The van der Waals surface area contributed by atoms with Gasteiger partial charge < -0.3 is 4.74 Å². The van der Waals surface area contributed by atoms with Crippen LogP contribution >= 0.6 is 11.8 Å². The lowest BCUT2D eigenvalue weighted by molar-refractivity contribution is -0.137. The molecule has 0 aromatic heterocycles. The normalized spacial score (nSPS) is 11.8. The quantitative estimate of drug-likeness (QED) is 0.464. The Balaban J connectivity index is 2.57. The first-order chi connectivity index (χ1) is 8.43. The zero-order chi connectivity index (χ0) is 13.6. The number of esters is 1. The Bertz CT molecular complexity index is 413. The Labute approximate surface area is 113 Å². The third-order valence-electron chi connectivity index (χ3n) is 2.42. The Hall–Kier alpha value is -1.22. The van der Waals surface area contributed by atoms with E-state index in [4.69, 9.17) is 4.74 Å². The van der Waals surface area contributed by atoms with Crippen molar-refractivity contribution in [3.05, 3.63) is 41.3 Å². The highest BCUT2D eigenvalue weighted by Crippen LogP contribution is 2.25. The van der Waals surface area contributed by atoms with E-state index in [0.717, 1.165) is 4.90 Å². The second-order valence-corrected chi connectivity index (χ2v) is 5.93. The minimum Gasteiger partial charge on any atom is -0.463 e. The zero-order valence-corrected chi connectivity index (χ0v) is 12.2. The average molecular weight is 264 g/mol. The molecule has 0 radical (unpaired) electrons. The first-order valence-electron chi connectivity index (χ1n) is 6.04. The molecule has 0 bridgehead atoms. The molecule has 1 aromatic carbocycles. The number of carbonyl (C=O) groups excluding carboxylic acids is 1. The van der Waals surface area contributed by atoms with Crippen LogP contribution in [-0.2, 0) is 14.9 Å². The van der Waals surface area contributed by atoms with Gasteiger partial charge in [-0.15, -0.1) is 0 Å². The summed E-state index contributed by atoms with van der Waals surface area (Å²) in [6.45, 7) is 8.78. The Morgan fingerprint density at radius 1 is 1.28 bits per heavy atom. The molecule has 0 aliphatic heterocycles. The van der Waals surface area contributed by atoms with Crippen LogP contribution in [0.1, 0.15) is 33.3 Å². The topological polar surface area (TPSA) is 26.3 Å². The molecule has 0 saturated carbocycles. The summed E-state index contributed by atoms with van der Waals surface area (Å²) in [5.74, 6) is -0.295. The number of rotatable bonds is 4. The SMILES string of the molecule is CCOC(=O)/C=C\Sc1ccc(C(C)(C)C)cc1. The van der Waals surface area contributed by atoms with Crippen LogP contribution < -0.4 is 0 Å². The monoisotopic (exact) mass is 264 g/mol. The molecule has 2 nitrogen and oxygen atoms in total. The first kappa shape index (κ1) is 14.8. The minimum atomic E-state index is -0.295. The third-order valence-corrected chi connectivity index (χ3v) is 3.23. The van der Waals surface area contributed by atoms with Gasteiger partial charge in [0.05, 0.1) is 6.61 Å². The summed E-state index contributed by atoms with van der Waals surface area (Å²) in [7, 11) is 0. The maximum absolute atomic E-state index is 11.1. The van der Waals surface area contributed by atoms with E-state index in [2.05, 4.69) is 45.0 Å². The van der Waals surface area contributed by atoms with Crippen LogP contribution in [0.25, 0.3) is 0 Å². The summed E-state index contributed by atoms with van der Waals surface area (Å²) >= 11 is 1.51. The Morgan fingerprint density at radius 2 is 1.89 bits per heavy atom. The van der Waals surface area contributed by atoms with Crippen molar-refractivity contribution >= 4 is 17.7 Å². The molecule has 98 valence electrons. The summed E-state index contributed by atoms with van der Waals surface area (Å²) in [5, 5.41) is 1.75. The molecule has 0 amide bonds. The van der Waals surface area contributed by atoms with Gasteiger partial charge in [0.25, 0.3) is 0 Å². The van der Waals surface area contributed by atoms with Crippen molar-refractivity contribution < 1.29 is 9.53 Å². The first-order valence-corrected chi connectivity index (χ1v) is 6.92. The van der Waals surface area contributed by atoms with Gasteiger partial charge in [-0.1, -0.05) is 44.7 Å². The van der Waals surface area contributed by atoms with Gasteiger partial charge >= 0.3 is 5.97 Å². The minimum absolute atomic E-state index is 0.171. The molecule has 0 atom stereocenters. The van der Waals surface area contributed by atoms with E-state index in [1.807, 2.05) is 0 Å². The highest BCUT2D eigenvalue weighted by Gasteiger charge is 2.12. The summed E-state index contributed by atoms with van der Waals surface area (Å²) < 4.78 is 4.80. The summed E-state index contributed by atoms with van der Waals surface area (Å²) in [6, 6.07) is 8.39. The number of hydrogen-bond donors (Lipinski definition) is 0. The molecule has 1 rings (SSSR count). The van der Waals surface area contributed by atoms with E-state index in [9.17, 15) is 4.79 Å². The van der Waals surface area contributed by atoms with Gasteiger partial charge in [0.1, 0.15) is 0 Å². The van der Waals surface area contributed by atoms with Crippen molar-refractivity contribution in [2.24, 2.45) is 0 Å². The van der Waals surface area contributed by atoms with Crippen LogP contribution in [0.5, 0.6) is 0 Å². The van der Waals surface area contributed by atoms with Gasteiger partial charge in [-0.2, -0.15) is 0 Å². The molecule has 0 aliphatic rings. The fourth-order valence-electron chi connectivity index (χ4n) is 1.39. The van der Waals surface area contributed by atoms with E-state index < -0.39 is 0 Å². The van der Waals surface area contributed by atoms with Crippen molar-refractivity contribution in [3.63, 3.8) is 0 Å². The predicted molar refractivity (Wildman–Crippen MR) is 76.8 cm³/mol. The van der Waals surface area contributed by atoms with E-state index in [0.29, 0.717) is 6.61 Å². The van der Waals surface area contributed by atoms with Crippen molar-refractivity contribution in [3.8, 4) is 0 Å². The molecular weight excluding hydrogens is 244 g/mol. The van der Waals surface area contributed by atoms with Crippen molar-refractivity contribution in [2.75, 3.05) is 6.61 Å². The molecule has 0 spiro atoms. The average Bonchev–Trinajstić information content (AvgIpc) is 2.29. The van der Waals surface area contributed by atoms with Crippen LogP contribution in [0.3, 0.4) is 0 Å². The lowest BCUT2D eigenvalue weighted by Crippen LogP contribution is -2.10. The molecule has 0 unspecified atom stereocenters. The smallest absolute Gasteiger partial charge is 0.331 e. The summed E-state index contributed by atoms with van der Waals surface area (Å²) in [5.41, 5.74) is 1.48. The lowest BCUT2D eigenvalue weighted by Gasteiger charge is -2.18. The molecule has 0 N–H and O–H groups in total. The van der Waals surface area contributed by atoms with Gasteiger partial charge in [-0.25, -0.2) is 4.79 Å². The van der Waals surface area contributed by atoms with Crippen LogP contribution in [-0.4, -0.2) is 12.6 Å². The Morgan fingerprint density at radius 3 is 2.39 bits per heavy atom. The molecule has 0 aliphatic carbocycles. The zero-order valence-electron chi connectivity index (χ0n) is 11.4. The van der Waals surface area contributed by atoms with E-state index in [1.54, 1.807) is 12.3 Å². The van der Waals surface area contributed by atoms with Gasteiger partial charge in [0.2, 0.25) is 0 Å². The molecule has 0 heterocycles. The molecule has 3 heteroatoms. The van der Waals surface area contributed by atoms with Crippen molar-refractivity contribution in [1.82, 2.24) is 0 Å². The summed E-state index contributed by atoms with van der Waals surface area (Å²) in [6.07, 6.45) is 1.45. The highest BCUT2D eigenvalue weighted by atomic mass is 32.2. The molecule has 18 heavy (non-hydrogen) atoms. The van der Waals surface area contributed by atoms with Crippen molar-refractivity contribution in [1.29, 1.82) is 0 Å². The van der Waals surface area contributed by atoms with Gasteiger partial charge in [0, 0.05) is 11.0 Å². The van der Waals surface area contributed by atoms with Crippen LogP contribution in [0.4, 0.5) is 0 Å². The van der Waals surface area contributed by atoms with Crippen LogP contribution in [0.15, 0.2) is 40.6 Å². The second kappa shape index (κ2) is 6.64. The predicted octanol–water partition coefficient (Wildman–Crippen LogP) is 4.15. The maximum Gasteiger partial charge on any atom is 0.331 e. The number of hydrogen-bond acceptors (Lipinski definition) is 3. The highest BCUT2D eigenvalue weighted by molar-refractivity contribution is 8.02. The van der Waals surface area contributed by atoms with Crippen LogP contribution in [0, 0.1) is 0 Å². The fraction of sp³-hybridized carbons (Fsp3) is 0.400. The maximum atomic E-state index is 11.1. The molecular formula is C15H20O2S. The number of carbonyl (C=O) groups is 1. The number of thioether (sulfide) groups is 1. The van der Waals surface area contributed by atoms with E-state index in [1.165, 1.54) is 23.4 Å². The Kier molecular flexibility index (Phi) is 5.48. The lowest BCUT2D eigenvalue weighted by atomic mass is 9.87. The van der Waals surface area contributed by atoms with Gasteiger partial charge in [-0.05, 0) is 35.4 Å². The number of ether oxygens (including phenoxy) is 1. The van der Waals surface area contributed by atoms with Gasteiger partial charge in [0.15, 0.2) is 0 Å². The largest absolute Gasteiger partial charge is 0.463 e. The fourth-order valence-corrected chi connectivity index (χ4v) is 2.02. The molecule has 1 aromatic rings. The third kappa shape index (κ3) is 4.96. The molecule has 0 saturated heterocycles. The summed E-state index contributed by atoms with van der Waals surface area (Å²) in [4.78, 5) is 12.2. The van der Waals surface area contributed by atoms with Crippen molar-refractivity contribution in [2.45, 2.75) is 38.0 Å². The van der Waals surface area contributed by atoms with E-state index >= 15 is 0 Å². The standard InChI is InChI=1S/C15H20O2S/c1-5-17-14(16)10-11-18-13-8-6-12(7-9-13)15(2,3)4/h6-11H,5H2,1-4H3/b11-10-. The van der Waals surface area contributed by atoms with E-state index in [-0.39, 0.29) is 11.4 Å². The molecule has 0 fully saturated rings. The van der Waals surface area contributed by atoms with Crippen LogP contribution in [0.2, 0.25) is 0 Å². The number of benzene rings is 1. The van der Waals surface area contributed by atoms with Gasteiger partial charge in [-0.3, -0.25) is 0 Å².